The van der Waals surface area contributed by atoms with Crippen molar-refractivity contribution in [2.24, 2.45) is 11.8 Å². The van der Waals surface area contributed by atoms with Gasteiger partial charge >= 0.3 is 0 Å². The molecule has 2 rings (SSSR count). The molecule has 1 amide bonds. The number of nitrogens with zero attached hydrogens (tertiary/aromatic N) is 1. The third kappa shape index (κ3) is 4.88. The summed E-state index contributed by atoms with van der Waals surface area (Å²) in [5.41, 5.74) is 5.84. The lowest BCUT2D eigenvalue weighted by atomic mass is 10.0. The Morgan fingerprint density at radius 3 is 2.81 bits per heavy atom. The number of carbonyl (C=O) groups excluding carboxylic acids is 1. The molecule has 21 heavy (non-hydrogen) atoms. The standard InChI is InChI=1S/C15H26N4OS/c1-10(2)9-18-15-19-13(16)12(21-15)14(20)17-8-7-11-5-3-4-6-11/h10-11H,3-9,16H2,1-2H3,(H,17,20)(H,18,19). The van der Waals surface area contributed by atoms with Crippen LogP contribution in [0, 0.1) is 11.8 Å². The molecule has 1 fully saturated rings. The lowest BCUT2D eigenvalue weighted by molar-refractivity contribution is 0.0956. The number of nitrogens with two attached hydrogens (primary N) is 1. The topological polar surface area (TPSA) is 80.0 Å². The van der Waals surface area contributed by atoms with Gasteiger partial charge in [0.05, 0.1) is 0 Å². The van der Waals surface area contributed by atoms with Crippen LogP contribution >= 0.6 is 11.3 Å². The van der Waals surface area contributed by atoms with Crippen molar-refractivity contribution in [3.05, 3.63) is 4.88 Å². The van der Waals surface area contributed by atoms with Crippen LogP contribution in [0.3, 0.4) is 0 Å². The van der Waals surface area contributed by atoms with E-state index in [0.717, 1.165) is 30.6 Å². The fraction of sp³-hybridized carbons (Fsp3) is 0.733. The van der Waals surface area contributed by atoms with Gasteiger partial charge in [0.1, 0.15) is 10.7 Å². The van der Waals surface area contributed by atoms with Crippen LogP contribution in [0.1, 0.15) is 55.6 Å². The molecule has 0 aromatic carbocycles. The molecule has 118 valence electrons. The van der Waals surface area contributed by atoms with Gasteiger partial charge in [0, 0.05) is 13.1 Å². The Kier molecular flexibility index (Phi) is 5.85. The monoisotopic (exact) mass is 310 g/mol. The first-order valence-corrected chi connectivity index (χ1v) is 8.66. The molecule has 6 heteroatoms. The van der Waals surface area contributed by atoms with Crippen LogP contribution in [0.15, 0.2) is 0 Å². The van der Waals surface area contributed by atoms with Gasteiger partial charge in [0.15, 0.2) is 5.13 Å². The van der Waals surface area contributed by atoms with E-state index in [2.05, 4.69) is 29.5 Å². The van der Waals surface area contributed by atoms with Gasteiger partial charge in [-0.1, -0.05) is 50.9 Å². The van der Waals surface area contributed by atoms with Crippen molar-refractivity contribution in [3.63, 3.8) is 0 Å². The fourth-order valence-corrected chi connectivity index (χ4v) is 3.44. The van der Waals surface area contributed by atoms with Gasteiger partial charge in [-0.25, -0.2) is 4.98 Å². The molecule has 1 aromatic heterocycles. The predicted octanol–water partition coefficient (Wildman–Crippen LogP) is 3.10. The van der Waals surface area contributed by atoms with Crippen molar-refractivity contribution < 1.29 is 4.79 Å². The van der Waals surface area contributed by atoms with Crippen molar-refractivity contribution in [3.8, 4) is 0 Å². The number of nitrogen functional groups attached to an aromatic ring is 1. The van der Waals surface area contributed by atoms with E-state index in [4.69, 9.17) is 5.73 Å². The summed E-state index contributed by atoms with van der Waals surface area (Å²) < 4.78 is 0. The second-order valence-electron chi connectivity index (χ2n) is 6.20. The zero-order valence-corrected chi connectivity index (χ0v) is 13.8. The van der Waals surface area contributed by atoms with E-state index in [9.17, 15) is 4.79 Å². The fourth-order valence-electron chi connectivity index (χ4n) is 2.63. The van der Waals surface area contributed by atoms with Gasteiger partial charge in [0.2, 0.25) is 0 Å². The zero-order chi connectivity index (χ0) is 15.2. The molecule has 1 aliphatic rings. The largest absolute Gasteiger partial charge is 0.382 e. The Labute approximate surface area is 130 Å². The lowest BCUT2D eigenvalue weighted by Crippen LogP contribution is -2.25. The molecule has 1 aromatic rings. The maximum absolute atomic E-state index is 12.1. The highest BCUT2D eigenvalue weighted by Gasteiger charge is 2.18. The molecule has 5 nitrogen and oxygen atoms in total. The van der Waals surface area contributed by atoms with Crippen molar-refractivity contribution in [2.45, 2.75) is 46.0 Å². The smallest absolute Gasteiger partial charge is 0.265 e. The molecule has 0 atom stereocenters. The molecular weight excluding hydrogens is 284 g/mol. The number of thiazole rings is 1. The third-order valence-electron chi connectivity index (χ3n) is 3.83. The normalized spacial score (nSPS) is 15.6. The molecule has 4 N–H and O–H groups in total. The number of hydrogen-bond donors (Lipinski definition) is 3. The van der Waals surface area contributed by atoms with E-state index in [1.54, 1.807) is 0 Å². The van der Waals surface area contributed by atoms with E-state index in [1.165, 1.54) is 37.0 Å². The Morgan fingerprint density at radius 1 is 1.43 bits per heavy atom. The molecule has 1 aliphatic carbocycles. The number of amides is 1. The van der Waals surface area contributed by atoms with E-state index in [0.29, 0.717) is 16.6 Å². The van der Waals surface area contributed by atoms with Gasteiger partial charge in [0.25, 0.3) is 5.91 Å². The number of nitrogens with one attached hydrogen (secondary N) is 2. The summed E-state index contributed by atoms with van der Waals surface area (Å²) in [5, 5.41) is 6.90. The van der Waals surface area contributed by atoms with Crippen LogP contribution in [0.4, 0.5) is 10.9 Å². The minimum atomic E-state index is -0.0967. The molecule has 0 unspecified atom stereocenters. The van der Waals surface area contributed by atoms with E-state index in [-0.39, 0.29) is 5.91 Å². The van der Waals surface area contributed by atoms with Crippen LogP contribution in [-0.4, -0.2) is 24.0 Å². The molecule has 0 aliphatic heterocycles. The van der Waals surface area contributed by atoms with Gasteiger partial charge in [-0.3, -0.25) is 4.79 Å². The number of rotatable bonds is 7. The Morgan fingerprint density at radius 2 is 2.14 bits per heavy atom. The first-order valence-electron chi connectivity index (χ1n) is 7.84. The van der Waals surface area contributed by atoms with E-state index >= 15 is 0 Å². The summed E-state index contributed by atoms with van der Waals surface area (Å²) in [6.07, 6.45) is 6.36. The maximum Gasteiger partial charge on any atom is 0.265 e. The minimum Gasteiger partial charge on any atom is -0.382 e. The zero-order valence-electron chi connectivity index (χ0n) is 12.9. The number of aromatic nitrogens is 1. The van der Waals surface area contributed by atoms with Crippen molar-refractivity contribution in [1.29, 1.82) is 0 Å². The highest BCUT2D eigenvalue weighted by molar-refractivity contribution is 7.18. The van der Waals surface area contributed by atoms with Crippen LogP contribution in [0.5, 0.6) is 0 Å². The SMILES string of the molecule is CC(C)CNc1nc(N)c(C(=O)NCCC2CCCC2)s1. The molecule has 0 spiro atoms. The van der Waals surface area contributed by atoms with Crippen molar-refractivity contribution in [2.75, 3.05) is 24.1 Å². The van der Waals surface area contributed by atoms with Gasteiger partial charge in [-0.2, -0.15) is 0 Å². The number of anilines is 2. The first kappa shape index (κ1) is 16.1. The number of hydrogen-bond acceptors (Lipinski definition) is 5. The molecule has 0 radical (unpaired) electrons. The highest BCUT2D eigenvalue weighted by atomic mass is 32.1. The summed E-state index contributed by atoms with van der Waals surface area (Å²) in [7, 11) is 0. The minimum absolute atomic E-state index is 0.0967. The number of carbonyl (C=O) groups is 1. The summed E-state index contributed by atoms with van der Waals surface area (Å²) in [6.45, 7) is 5.81. The molecule has 0 saturated heterocycles. The molecule has 0 bridgehead atoms. The Balaban J connectivity index is 1.80. The second kappa shape index (κ2) is 7.64. The van der Waals surface area contributed by atoms with E-state index in [1.807, 2.05) is 0 Å². The Hall–Kier alpha value is -1.30. The third-order valence-corrected chi connectivity index (χ3v) is 4.86. The molecule has 1 saturated carbocycles. The summed E-state index contributed by atoms with van der Waals surface area (Å²) >= 11 is 1.33. The molecule has 1 heterocycles. The Bertz CT molecular complexity index is 466. The summed E-state index contributed by atoms with van der Waals surface area (Å²) in [4.78, 5) is 16.9. The predicted molar refractivity (Wildman–Crippen MR) is 88.8 cm³/mol. The molecular formula is C15H26N4OS. The first-order chi connectivity index (χ1) is 10.1. The van der Waals surface area contributed by atoms with Crippen LogP contribution in [0.2, 0.25) is 0 Å². The van der Waals surface area contributed by atoms with E-state index < -0.39 is 0 Å². The van der Waals surface area contributed by atoms with Crippen LogP contribution in [-0.2, 0) is 0 Å². The van der Waals surface area contributed by atoms with Gasteiger partial charge in [-0.15, -0.1) is 0 Å². The van der Waals surface area contributed by atoms with Gasteiger partial charge < -0.3 is 16.4 Å². The average molecular weight is 310 g/mol. The van der Waals surface area contributed by atoms with Crippen LogP contribution < -0.4 is 16.4 Å². The quantitative estimate of drug-likeness (QED) is 0.723. The average Bonchev–Trinajstić information content (AvgIpc) is 3.06. The second-order valence-corrected chi connectivity index (χ2v) is 7.20. The maximum atomic E-state index is 12.1. The van der Waals surface area contributed by atoms with Crippen LogP contribution in [0.25, 0.3) is 0 Å². The van der Waals surface area contributed by atoms with Crippen molar-refractivity contribution >= 4 is 28.2 Å². The van der Waals surface area contributed by atoms with Crippen molar-refractivity contribution in [1.82, 2.24) is 10.3 Å². The van der Waals surface area contributed by atoms with Gasteiger partial charge in [-0.05, 0) is 18.3 Å². The summed E-state index contributed by atoms with van der Waals surface area (Å²) in [6, 6.07) is 0. The summed E-state index contributed by atoms with van der Waals surface area (Å²) in [5.74, 6) is 1.54. The lowest BCUT2D eigenvalue weighted by Gasteiger charge is -2.09. The highest BCUT2D eigenvalue weighted by Crippen LogP contribution is 2.27.